The molecule has 0 radical (unpaired) electrons. The molecule has 3 N–H and O–H groups in total. The van der Waals surface area contributed by atoms with E-state index in [4.69, 9.17) is 10.5 Å². The van der Waals surface area contributed by atoms with Crippen LogP contribution in [0, 0.1) is 0 Å². The Bertz CT molecular complexity index is 490. The van der Waals surface area contributed by atoms with Crippen LogP contribution in [0.2, 0.25) is 0 Å². The van der Waals surface area contributed by atoms with Crippen molar-refractivity contribution in [1.82, 2.24) is 10.3 Å². The highest BCUT2D eigenvalue weighted by Crippen LogP contribution is 2.24. The Morgan fingerprint density at radius 2 is 2.40 bits per heavy atom. The number of nitrogens with zero attached hydrogens (tertiary/aromatic N) is 2. The number of morpholine rings is 1. The molecule has 1 aliphatic heterocycles. The zero-order valence-electron chi connectivity index (χ0n) is 11.4. The van der Waals surface area contributed by atoms with Gasteiger partial charge in [-0.2, -0.15) is 0 Å². The fourth-order valence-corrected chi connectivity index (χ4v) is 2.46. The molecule has 108 valence electrons. The van der Waals surface area contributed by atoms with Gasteiger partial charge in [-0.05, 0) is 18.9 Å². The normalized spacial score (nSPS) is 22.8. The topological polar surface area (TPSA) is 80.5 Å². The van der Waals surface area contributed by atoms with Gasteiger partial charge in [-0.25, -0.2) is 4.98 Å². The Morgan fingerprint density at radius 3 is 3.15 bits per heavy atom. The molecule has 1 amide bonds. The van der Waals surface area contributed by atoms with E-state index in [1.807, 2.05) is 17.0 Å². The van der Waals surface area contributed by atoms with E-state index in [2.05, 4.69) is 10.3 Å². The number of carbonyl (C=O) groups excluding carboxylic acids is 1. The van der Waals surface area contributed by atoms with Crippen molar-refractivity contribution >= 4 is 11.7 Å². The number of hydrogen-bond donors (Lipinski definition) is 2. The van der Waals surface area contributed by atoms with Crippen molar-refractivity contribution in [2.45, 2.75) is 31.5 Å². The smallest absolute Gasteiger partial charge is 0.242 e. The molecule has 6 nitrogen and oxygen atoms in total. The van der Waals surface area contributed by atoms with Crippen LogP contribution < -0.4 is 16.0 Å². The van der Waals surface area contributed by atoms with Crippen LogP contribution in [-0.4, -0.2) is 42.7 Å². The van der Waals surface area contributed by atoms with Crippen molar-refractivity contribution < 1.29 is 9.53 Å². The maximum Gasteiger partial charge on any atom is 0.242 e. The van der Waals surface area contributed by atoms with E-state index in [-0.39, 0.29) is 5.91 Å². The molecule has 1 aromatic rings. The zero-order valence-corrected chi connectivity index (χ0v) is 11.4. The first-order chi connectivity index (χ1) is 9.75. The summed E-state index contributed by atoms with van der Waals surface area (Å²) in [4.78, 5) is 18.0. The van der Waals surface area contributed by atoms with Crippen molar-refractivity contribution in [3.63, 3.8) is 0 Å². The number of carbonyl (C=O) groups is 1. The van der Waals surface area contributed by atoms with Gasteiger partial charge in [0.1, 0.15) is 11.9 Å². The van der Waals surface area contributed by atoms with E-state index in [0.29, 0.717) is 25.8 Å². The summed E-state index contributed by atoms with van der Waals surface area (Å²) in [5.74, 6) is 0.476. The second kappa shape index (κ2) is 5.76. The van der Waals surface area contributed by atoms with Crippen molar-refractivity contribution in [3.05, 3.63) is 23.9 Å². The third-order valence-corrected chi connectivity index (χ3v) is 3.75. The third-order valence-electron chi connectivity index (χ3n) is 3.75. The van der Waals surface area contributed by atoms with E-state index >= 15 is 0 Å². The third kappa shape index (κ3) is 2.91. The van der Waals surface area contributed by atoms with Crippen LogP contribution in [-0.2, 0) is 16.1 Å². The van der Waals surface area contributed by atoms with E-state index in [1.165, 1.54) is 12.8 Å². The molecular weight excluding hydrogens is 256 g/mol. The molecule has 1 saturated carbocycles. The van der Waals surface area contributed by atoms with E-state index in [0.717, 1.165) is 17.9 Å². The number of primary amides is 1. The Labute approximate surface area is 118 Å². The maximum absolute atomic E-state index is 11.6. The average Bonchev–Trinajstić information content (AvgIpc) is 3.29. The van der Waals surface area contributed by atoms with Gasteiger partial charge in [0.25, 0.3) is 0 Å². The minimum Gasteiger partial charge on any atom is -0.377 e. The van der Waals surface area contributed by atoms with Gasteiger partial charge in [0.05, 0.1) is 13.2 Å². The second-order valence-corrected chi connectivity index (χ2v) is 5.33. The summed E-state index contributed by atoms with van der Waals surface area (Å²) in [5, 5.41) is 3.48. The molecule has 20 heavy (non-hydrogen) atoms. The summed E-state index contributed by atoms with van der Waals surface area (Å²) in [6, 6.07) is 4.18. The molecule has 2 heterocycles. The maximum atomic E-state index is 11.6. The van der Waals surface area contributed by atoms with Crippen molar-refractivity contribution in [1.29, 1.82) is 0 Å². The van der Waals surface area contributed by atoms with Crippen LogP contribution >= 0.6 is 0 Å². The number of hydrogen-bond acceptors (Lipinski definition) is 5. The summed E-state index contributed by atoms with van der Waals surface area (Å²) in [7, 11) is 0. The molecule has 0 aromatic carbocycles. The SMILES string of the molecule is NC(=O)C1COCCN1c1ncccc1CNC1CC1. The number of aromatic nitrogens is 1. The zero-order chi connectivity index (χ0) is 13.9. The summed E-state index contributed by atoms with van der Waals surface area (Å²) in [6.45, 7) is 2.34. The molecule has 3 rings (SSSR count). The lowest BCUT2D eigenvalue weighted by Gasteiger charge is -2.35. The lowest BCUT2D eigenvalue weighted by atomic mass is 10.1. The molecule has 1 atom stereocenters. The van der Waals surface area contributed by atoms with E-state index in [1.54, 1.807) is 6.20 Å². The van der Waals surface area contributed by atoms with Gasteiger partial charge in [0, 0.05) is 30.9 Å². The highest BCUT2D eigenvalue weighted by Gasteiger charge is 2.30. The number of anilines is 1. The number of nitrogens with one attached hydrogen (secondary N) is 1. The van der Waals surface area contributed by atoms with Crippen LogP contribution in [0.4, 0.5) is 5.82 Å². The van der Waals surface area contributed by atoms with Crippen LogP contribution in [0.5, 0.6) is 0 Å². The number of pyridine rings is 1. The van der Waals surface area contributed by atoms with Crippen molar-refractivity contribution in [2.75, 3.05) is 24.7 Å². The summed E-state index contributed by atoms with van der Waals surface area (Å²) in [5.41, 5.74) is 6.58. The standard InChI is InChI=1S/C14H20N4O2/c15-13(19)12-9-20-7-6-18(12)14-10(2-1-5-16-14)8-17-11-3-4-11/h1-2,5,11-12,17H,3-4,6-9H2,(H2,15,19). The summed E-state index contributed by atoms with van der Waals surface area (Å²) >= 11 is 0. The molecule has 6 heteroatoms. The van der Waals surface area contributed by atoms with Gasteiger partial charge in [-0.15, -0.1) is 0 Å². The number of ether oxygens (including phenoxy) is 1. The largest absolute Gasteiger partial charge is 0.377 e. The molecular formula is C14H20N4O2. The Balaban J connectivity index is 1.81. The predicted octanol–water partition coefficient (Wildman–Crippen LogP) is 0.0241. The van der Waals surface area contributed by atoms with Crippen LogP contribution in [0.1, 0.15) is 18.4 Å². The van der Waals surface area contributed by atoms with E-state index in [9.17, 15) is 4.79 Å². The van der Waals surface area contributed by atoms with Gasteiger partial charge in [0.15, 0.2) is 0 Å². The van der Waals surface area contributed by atoms with Crippen molar-refractivity contribution in [2.24, 2.45) is 5.73 Å². The quantitative estimate of drug-likeness (QED) is 0.793. The molecule has 2 aliphatic rings. The van der Waals surface area contributed by atoms with Gasteiger partial charge in [-0.1, -0.05) is 6.07 Å². The van der Waals surface area contributed by atoms with Crippen LogP contribution in [0.3, 0.4) is 0 Å². The molecule has 1 aromatic heterocycles. The lowest BCUT2D eigenvalue weighted by molar-refractivity contribution is -0.121. The monoisotopic (exact) mass is 276 g/mol. The van der Waals surface area contributed by atoms with Gasteiger partial charge in [0.2, 0.25) is 5.91 Å². The van der Waals surface area contributed by atoms with Gasteiger partial charge >= 0.3 is 0 Å². The lowest BCUT2D eigenvalue weighted by Crippen LogP contribution is -2.53. The number of amides is 1. The van der Waals surface area contributed by atoms with E-state index < -0.39 is 6.04 Å². The number of nitrogens with two attached hydrogens (primary N) is 1. The first kappa shape index (κ1) is 13.3. The summed E-state index contributed by atoms with van der Waals surface area (Å²) < 4.78 is 5.36. The Kier molecular flexibility index (Phi) is 3.84. The van der Waals surface area contributed by atoms with Gasteiger partial charge in [-0.3, -0.25) is 4.79 Å². The summed E-state index contributed by atoms with van der Waals surface area (Å²) in [6.07, 6.45) is 4.25. The Morgan fingerprint density at radius 1 is 1.55 bits per heavy atom. The molecule has 0 bridgehead atoms. The Hall–Kier alpha value is -1.66. The fourth-order valence-electron chi connectivity index (χ4n) is 2.46. The minimum atomic E-state index is -0.432. The van der Waals surface area contributed by atoms with Crippen LogP contribution in [0.25, 0.3) is 0 Å². The van der Waals surface area contributed by atoms with Gasteiger partial charge < -0.3 is 20.7 Å². The molecule has 2 fully saturated rings. The molecule has 0 spiro atoms. The molecule has 1 saturated heterocycles. The average molecular weight is 276 g/mol. The fraction of sp³-hybridized carbons (Fsp3) is 0.571. The van der Waals surface area contributed by atoms with Crippen molar-refractivity contribution in [3.8, 4) is 0 Å². The highest BCUT2D eigenvalue weighted by molar-refractivity contribution is 5.84. The molecule has 1 aliphatic carbocycles. The number of rotatable bonds is 5. The second-order valence-electron chi connectivity index (χ2n) is 5.33. The molecule has 1 unspecified atom stereocenters. The minimum absolute atomic E-state index is 0.335. The van der Waals surface area contributed by atoms with Crippen LogP contribution in [0.15, 0.2) is 18.3 Å². The first-order valence-electron chi connectivity index (χ1n) is 7.06. The first-order valence-corrected chi connectivity index (χ1v) is 7.06. The highest BCUT2D eigenvalue weighted by atomic mass is 16.5. The predicted molar refractivity (Wildman–Crippen MR) is 75.2 cm³/mol.